The summed E-state index contributed by atoms with van der Waals surface area (Å²) in [5, 5.41) is 1.24. The molecule has 0 spiro atoms. The molecule has 4 rings (SSSR count). The van der Waals surface area contributed by atoms with Crippen molar-refractivity contribution in [1.29, 1.82) is 0 Å². The first kappa shape index (κ1) is 16.9. The Hall–Kier alpha value is -1.50. The van der Waals surface area contributed by atoms with Crippen molar-refractivity contribution in [2.75, 3.05) is 45.8 Å². The van der Waals surface area contributed by atoms with Crippen LogP contribution in [-0.2, 0) is 11.3 Å². The maximum absolute atomic E-state index is 12.4. The minimum absolute atomic E-state index is 0.365. The van der Waals surface area contributed by atoms with Gasteiger partial charge in [-0.2, -0.15) is 0 Å². The fourth-order valence-corrected chi connectivity index (χ4v) is 5.03. The van der Waals surface area contributed by atoms with Gasteiger partial charge in [0.1, 0.15) is 37.7 Å². The molecule has 3 heterocycles. The van der Waals surface area contributed by atoms with Crippen molar-refractivity contribution in [3.05, 3.63) is 29.3 Å². The van der Waals surface area contributed by atoms with Crippen LogP contribution in [0.1, 0.15) is 24.3 Å². The topological polar surface area (TPSA) is 42.1 Å². The third kappa shape index (κ3) is 4.19. The van der Waals surface area contributed by atoms with Crippen LogP contribution in [0.2, 0.25) is 0 Å². The number of thiazole rings is 1. The molecule has 1 amide bonds. The summed E-state index contributed by atoms with van der Waals surface area (Å²) in [4.78, 5) is 22.3. The highest BCUT2D eigenvalue weighted by Crippen LogP contribution is 2.20. The lowest BCUT2D eigenvalue weighted by atomic mass is 10.1. The van der Waals surface area contributed by atoms with Gasteiger partial charge in [-0.25, -0.2) is 4.98 Å². The summed E-state index contributed by atoms with van der Waals surface area (Å²) in [5.74, 6) is 0.365. The number of piperazine rings is 1. The van der Waals surface area contributed by atoms with E-state index in [1.165, 1.54) is 33.9 Å². The fourth-order valence-electron chi connectivity index (χ4n) is 3.99. The van der Waals surface area contributed by atoms with Crippen LogP contribution in [0.5, 0.6) is 0 Å². The monoisotopic (exact) mass is 360 g/mol. The van der Waals surface area contributed by atoms with Crippen LogP contribution < -0.4 is 9.80 Å². The van der Waals surface area contributed by atoms with Crippen molar-refractivity contribution in [2.45, 2.75) is 25.8 Å². The van der Waals surface area contributed by atoms with Gasteiger partial charge in [0.15, 0.2) is 6.54 Å². The molecule has 25 heavy (non-hydrogen) atoms. The van der Waals surface area contributed by atoms with Gasteiger partial charge in [-0.3, -0.25) is 4.79 Å². The number of hydrogen-bond donors (Lipinski definition) is 2. The maximum atomic E-state index is 12.4. The first-order valence-corrected chi connectivity index (χ1v) is 10.4. The van der Waals surface area contributed by atoms with Crippen LogP contribution in [0.15, 0.2) is 24.3 Å². The summed E-state index contributed by atoms with van der Waals surface area (Å²) < 4.78 is 1.29. The molecule has 1 aromatic heterocycles. The largest absolute Gasteiger partial charge is 0.338 e. The van der Waals surface area contributed by atoms with Gasteiger partial charge in [-0.05, 0) is 31.4 Å². The van der Waals surface area contributed by atoms with E-state index in [0.717, 1.165) is 51.3 Å². The SMILES string of the molecule is O=C(C[NH+]1CC[NH+](Cc2nc3ccccc3s2)CC1)N1CCCCC1. The van der Waals surface area contributed by atoms with Gasteiger partial charge in [0, 0.05) is 13.1 Å². The zero-order valence-corrected chi connectivity index (χ0v) is 15.6. The molecule has 2 N–H and O–H groups in total. The second-order valence-electron chi connectivity index (χ2n) is 7.37. The minimum Gasteiger partial charge on any atom is -0.338 e. The van der Waals surface area contributed by atoms with Crippen LogP contribution >= 0.6 is 11.3 Å². The average Bonchev–Trinajstić information content (AvgIpc) is 3.06. The number of piperidine rings is 1. The quantitative estimate of drug-likeness (QED) is 0.779. The number of nitrogens with one attached hydrogen (secondary N) is 2. The molecule has 0 radical (unpaired) electrons. The summed E-state index contributed by atoms with van der Waals surface area (Å²) in [6.07, 6.45) is 3.65. The molecular formula is C19H28N4OS+2. The number of carbonyl (C=O) groups is 1. The summed E-state index contributed by atoms with van der Waals surface area (Å²) in [5.41, 5.74) is 1.12. The lowest BCUT2D eigenvalue weighted by Crippen LogP contribution is -3.28. The Morgan fingerprint density at radius 3 is 2.52 bits per heavy atom. The van der Waals surface area contributed by atoms with E-state index in [9.17, 15) is 4.79 Å². The van der Waals surface area contributed by atoms with E-state index in [1.54, 1.807) is 4.90 Å². The minimum atomic E-state index is 0.365. The summed E-state index contributed by atoms with van der Waals surface area (Å²) in [7, 11) is 0. The maximum Gasteiger partial charge on any atom is 0.277 e. The zero-order valence-electron chi connectivity index (χ0n) is 14.8. The normalized spacial score (nSPS) is 24.6. The van der Waals surface area contributed by atoms with Gasteiger partial charge < -0.3 is 14.7 Å². The summed E-state index contributed by atoms with van der Waals surface area (Å²) >= 11 is 1.82. The van der Waals surface area contributed by atoms with Gasteiger partial charge in [0.2, 0.25) is 0 Å². The van der Waals surface area contributed by atoms with Gasteiger partial charge in [0.05, 0.1) is 10.2 Å². The summed E-state index contributed by atoms with van der Waals surface area (Å²) in [6, 6.07) is 8.39. The molecule has 0 unspecified atom stereocenters. The van der Waals surface area contributed by atoms with E-state index in [-0.39, 0.29) is 0 Å². The molecule has 1 aromatic carbocycles. The standard InChI is InChI=1S/C19H26N4OS/c24-19(23-8-4-1-5-9-23)15-22-12-10-21(11-13-22)14-18-20-16-6-2-3-7-17(16)25-18/h2-3,6-7H,1,4-5,8-15H2/p+2. The highest BCUT2D eigenvalue weighted by Gasteiger charge is 2.27. The summed E-state index contributed by atoms with van der Waals surface area (Å²) in [6.45, 7) is 8.12. The number of amides is 1. The van der Waals surface area contributed by atoms with E-state index in [0.29, 0.717) is 12.5 Å². The van der Waals surface area contributed by atoms with E-state index in [1.807, 2.05) is 11.3 Å². The van der Waals surface area contributed by atoms with E-state index < -0.39 is 0 Å². The van der Waals surface area contributed by atoms with E-state index >= 15 is 0 Å². The van der Waals surface area contributed by atoms with Crippen LogP contribution in [0, 0.1) is 0 Å². The van der Waals surface area contributed by atoms with Crippen molar-refractivity contribution in [2.24, 2.45) is 0 Å². The van der Waals surface area contributed by atoms with Gasteiger partial charge in [-0.1, -0.05) is 12.1 Å². The molecule has 0 atom stereocenters. The predicted molar refractivity (Wildman–Crippen MR) is 100 cm³/mol. The van der Waals surface area contributed by atoms with Crippen LogP contribution in [0.4, 0.5) is 0 Å². The first-order chi connectivity index (χ1) is 12.3. The van der Waals surface area contributed by atoms with Gasteiger partial charge in [-0.15, -0.1) is 11.3 Å². The number of benzene rings is 1. The van der Waals surface area contributed by atoms with Crippen LogP contribution in [0.25, 0.3) is 10.2 Å². The Balaban J connectivity index is 1.25. The zero-order chi connectivity index (χ0) is 17.1. The van der Waals surface area contributed by atoms with Crippen molar-refractivity contribution in [1.82, 2.24) is 9.88 Å². The molecule has 2 saturated heterocycles. The number of aromatic nitrogens is 1. The number of likely N-dealkylation sites (tertiary alicyclic amines) is 1. The van der Waals surface area contributed by atoms with Crippen molar-refractivity contribution >= 4 is 27.5 Å². The second-order valence-corrected chi connectivity index (χ2v) is 8.49. The molecule has 5 nitrogen and oxygen atoms in total. The van der Waals surface area contributed by atoms with Crippen molar-refractivity contribution in [3.8, 4) is 0 Å². The molecule has 0 aliphatic carbocycles. The molecule has 0 bridgehead atoms. The molecule has 2 aromatic rings. The van der Waals surface area contributed by atoms with Crippen molar-refractivity contribution < 1.29 is 14.6 Å². The Labute approximate surface area is 153 Å². The molecule has 0 saturated carbocycles. The van der Waals surface area contributed by atoms with Crippen molar-refractivity contribution in [3.63, 3.8) is 0 Å². The molecule has 2 fully saturated rings. The molecular weight excluding hydrogens is 332 g/mol. The third-order valence-electron chi connectivity index (χ3n) is 5.51. The third-order valence-corrected chi connectivity index (χ3v) is 6.55. The molecule has 6 heteroatoms. The lowest BCUT2D eigenvalue weighted by Gasteiger charge is -2.31. The average molecular weight is 361 g/mol. The fraction of sp³-hybridized carbons (Fsp3) is 0.579. The predicted octanol–water partition coefficient (Wildman–Crippen LogP) is -0.408. The second kappa shape index (κ2) is 7.81. The van der Waals surface area contributed by atoms with E-state index in [4.69, 9.17) is 4.98 Å². The van der Waals surface area contributed by atoms with Crippen LogP contribution in [-0.4, -0.2) is 61.6 Å². The Morgan fingerprint density at radius 2 is 1.76 bits per heavy atom. The van der Waals surface area contributed by atoms with Gasteiger partial charge >= 0.3 is 0 Å². The van der Waals surface area contributed by atoms with Gasteiger partial charge in [0.25, 0.3) is 5.91 Å². The highest BCUT2D eigenvalue weighted by molar-refractivity contribution is 7.18. The number of nitrogens with zero attached hydrogens (tertiary/aromatic N) is 2. The Bertz CT molecular complexity index is 684. The number of hydrogen-bond acceptors (Lipinski definition) is 3. The number of rotatable bonds is 4. The highest BCUT2D eigenvalue weighted by atomic mass is 32.1. The number of carbonyl (C=O) groups excluding carboxylic acids is 1. The first-order valence-electron chi connectivity index (χ1n) is 9.57. The molecule has 134 valence electrons. The van der Waals surface area contributed by atoms with E-state index in [2.05, 4.69) is 29.2 Å². The Morgan fingerprint density at radius 1 is 1.04 bits per heavy atom. The lowest BCUT2D eigenvalue weighted by molar-refractivity contribution is -1.02. The number of fused-ring (bicyclic) bond motifs is 1. The number of para-hydroxylation sites is 1. The molecule has 2 aliphatic rings. The van der Waals surface area contributed by atoms with Crippen LogP contribution in [0.3, 0.4) is 0 Å². The smallest absolute Gasteiger partial charge is 0.277 e. The molecule has 2 aliphatic heterocycles. The Kier molecular flexibility index (Phi) is 5.29. The number of quaternary nitrogens is 2.